The predicted molar refractivity (Wildman–Crippen MR) is 67.6 cm³/mol. The smallest absolute Gasteiger partial charge is 0.123 e. The van der Waals surface area contributed by atoms with E-state index in [0.717, 1.165) is 22.9 Å². The van der Waals surface area contributed by atoms with Gasteiger partial charge < -0.3 is 5.73 Å². The van der Waals surface area contributed by atoms with E-state index in [9.17, 15) is 4.39 Å². The lowest BCUT2D eigenvalue weighted by atomic mass is 9.90. The van der Waals surface area contributed by atoms with Crippen LogP contribution in [0.15, 0.2) is 34.3 Å². The number of benzene rings is 1. The number of hydrogen-bond acceptors (Lipinski definition) is 1. The minimum atomic E-state index is -0.231. The second kappa shape index (κ2) is 5.11. The average molecular weight is 284 g/mol. The first kappa shape index (κ1) is 11.8. The molecule has 1 aromatic rings. The summed E-state index contributed by atoms with van der Waals surface area (Å²) in [5.41, 5.74) is 8.25. The molecule has 1 unspecified atom stereocenters. The summed E-state index contributed by atoms with van der Waals surface area (Å²) >= 11 is 3.42. The average Bonchev–Trinajstić information content (AvgIpc) is 2.32. The van der Waals surface area contributed by atoms with Gasteiger partial charge in [-0.05, 0) is 49.4 Å². The third-order valence-electron chi connectivity index (χ3n) is 3.02. The van der Waals surface area contributed by atoms with Crippen LogP contribution in [0.5, 0.6) is 0 Å². The van der Waals surface area contributed by atoms with Crippen LogP contribution in [0.25, 0.3) is 0 Å². The fourth-order valence-electron chi connectivity index (χ4n) is 2.10. The maximum absolute atomic E-state index is 13.2. The second-order valence-electron chi connectivity index (χ2n) is 4.17. The molecule has 0 aliphatic heterocycles. The molecule has 3 heteroatoms. The SMILES string of the molecule is NC(C1=CCCCC1)c1cc(F)ccc1Br. The van der Waals surface area contributed by atoms with E-state index < -0.39 is 0 Å². The quantitative estimate of drug-likeness (QED) is 0.813. The van der Waals surface area contributed by atoms with Gasteiger partial charge in [0, 0.05) is 4.47 Å². The van der Waals surface area contributed by atoms with Crippen LogP contribution in [0.4, 0.5) is 4.39 Å². The summed E-state index contributed by atoms with van der Waals surface area (Å²) < 4.78 is 14.1. The van der Waals surface area contributed by atoms with Crippen molar-refractivity contribution in [2.75, 3.05) is 0 Å². The lowest BCUT2D eigenvalue weighted by Gasteiger charge is -2.21. The van der Waals surface area contributed by atoms with E-state index in [0.29, 0.717) is 0 Å². The Morgan fingerprint density at radius 3 is 2.81 bits per heavy atom. The molecule has 0 heterocycles. The van der Waals surface area contributed by atoms with Crippen molar-refractivity contribution in [1.82, 2.24) is 0 Å². The van der Waals surface area contributed by atoms with Gasteiger partial charge >= 0.3 is 0 Å². The van der Waals surface area contributed by atoms with Crippen molar-refractivity contribution in [3.63, 3.8) is 0 Å². The van der Waals surface area contributed by atoms with Crippen molar-refractivity contribution >= 4 is 15.9 Å². The van der Waals surface area contributed by atoms with Crippen LogP contribution in [0.3, 0.4) is 0 Å². The van der Waals surface area contributed by atoms with Gasteiger partial charge in [-0.2, -0.15) is 0 Å². The van der Waals surface area contributed by atoms with E-state index in [-0.39, 0.29) is 11.9 Å². The molecule has 0 fully saturated rings. The number of allylic oxidation sites excluding steroid dienone is 1. The lowest BCUT2D eigenvalue weighted by Crippen LogP contribution is -2.15. The van der Waals surface area contributed by atoms with Crippen molar-refractivity contribution in [3.05, 3.63) is 45.7 Å². The summed E-state index contributed by atoms with van der Waals surface area (Å²) in [7, 11) is 0. The molecule has 86 valence electrons. The molecule has 0 aromatic heterocycles. The summed E-state index contributed by atoms with van der Waals surface area (Å²) in [6.07, 6.45) is 6.75. The van der Waals surface area contributed by atoms with Crippen LogP contribution in [-0.2, 0) is 0 Å². The Hall–Kier alpha value is -0.670. The van der Waals surface area contributed by atoms with Crippen LogP contribution < -0.4 is 5.73 Å². The lowest BCUT2D eigenvalue weighted by molar-refractivity contribution is 0.615. The van der Waals surface area contributed by atoms with Gasteiger partial charge in [0.05, 0.1) is 6.04 Å². The molecule has 0 amide bonds. The van der Waals surface area contributed by atoms with Crippen LogP contribution in [0.1, 0.15) is 37.3 Å². The van der Waals surface area contributed by atoms with Gasteiger partial charge in [0.1, 0.15) is 5.82 Å². The van der Waals surface area contributed by atoms with Gasteiger partial charge in [0.2, 0.25) is 0 Å². The van der Waals surface area contributed by atoms with Crippen LogP contribution in [0.2, 0.25) is 0 Å². The van der Waals surface area contributed by atoms with Gasteiger partial charge in [-0.1, -0.05) is 27.6 Å². The highest BCUT2D eigenvalue weighted by Gasteiger charge is 2.16. The highest BCUT2D eigenvalue weighted by Crippen LogP contribution is 2.32. The summed E-state index contributed by atoms with van der Waals surface area (Å²) in [6, 6.07) is 4.50. The Labute approximate surface area is 104 Å². The van der Waals surface area contributed by atoms with Gasteiger partial charge in [0.25, 0.3) is 0 Å². The maximum atomic E-state index is 13.2. The molecular weight excluding hydrogens is 269 g/mol. The topological polar surface area (TPSA) is 26.0 Å². The van der Waals surface area contributed by atoms with Crippen molar-refractivity contribution in [3.8, 4) is 0 Å². The van der Waals surface area contributed by atoms with E-state index in [1.807, 2.05) is 0 Å². The normalized spacial score (nSPS) is 18.1. The first-order chi connectivity index (χ1) is 7.68. The Morgan fingerprint density at radius 2 is 2.12 bits per heavy atom. The fraction of sp³-hybridized carbons (Fsp3) is 0.385. The fourth-order valence-corrected chi connectivity index (χ4v) is 2.59. The van der Waals surface area contributed by atoms with Crippen LogP contribution in [-0.4, -0.2) is 0 Å². The minimum absolute atomic E-state index is 0.176. The van der Waals surface area contributed by atoms with Crippen molar-refractivity contribution in [2.24, 2.45) is 5.73 Å². The molecule has 1 aliphatic carbocycles. The zero-order valence-electron chi connectivity index (χ0n) is 9.05. The van der Waals surface area contributed by atoms with Crippen molar-refractivity contribution < 1.29 is 4.39 Å². The third kappa shape index (κ3) is 2.53. The molecule has 1 aliphatic rings. The molecular formula is C13H15BrFN. The standard InChI is InChI=1S/C13H15BrFN/c14-12-7-6-10(15)8-11(12)13(16)9-4-2-1-3-5-9/h4,6-8,13H,1-3,5,16H2. The summed E-state index contributed by atoms with van der Waals surface area (Å²) in [6.45, 7) is 0. The largest absolute Gasteiger partial charge is 0.321 e. The second-order valence-corrected chi connectivity index (χ2v) is 5.02. The monoisotopic (exact) mass is 283 g/mol. The Balaban J connectivity index is 2.29. The number of rotatable bonds is 2. The first-order valence-corrected chi connectivity index (χ1v) is 6.37. The van der Waals surface area contributed by atoms with Crippen LogP contribution in [0, 0.1) is 5.82 Å². The summed E-state index contributed by atoms with van der Waals surface area (Å²) in [5.74, 6) is -0.231. The summed E-state index contributed by atoms with van der Waals surface area (Å²) in [5, 5.41) is 0. The molecule has 0 radical (unpaired) electrons. The van der Waals surface area contributed by atoms with Crippen LogP contribution >= 0.6 is 15.9 Å². The van der Waals surface area contributed by atoms with E-state index in [2.05, 4.69) is 22.0 Å². The van der Waals surface area contributed by atoms with E-state index >= 15 is 0 Å². The molecule has 0 saturated carbocycles. The van der Waals surface area contributed by atoms with Crippen molar-refractivity contribution in [2.45, 2.75) is 31.7 Å². The highest BCUT2D eigenvalue weighted by molar-refractivity contribution is 9.10. The van der Waals surface area contributed by atoms with E-state index in [4.69, 9.17) is 5.73 Å². The molecule has 2 rings (SSSR count). The van der Waals surface area contributed by atoms with Gasteiger partial charge in [-0.15, -0.1) is 0 Å². The molecule has 1 nitrogen and oxygen atoms in total. The number of hydrogen-bond donors (Lipinski definition) is 1. The molecule has 16 heavy (non-hydrogen) atoms. The molecule has 0 bridgehead atoms. The maximum Gasteiger partial charge on any atom is 0.123 e. The molecule has 1 atom stereocenters. The van der Waals surface area contributed by atoms with Gasteiger partial charge in [-0.25, -0.2) is 4.39 Å². The molecule has 0 saturated heterocycles. The van der Waals surface area contributed by atoms with Gasteiger partial charge in [0.15, 0.2) is 0 Å². The highest BCUT2D eigenvalue weighted by atomic mass is 79.9. The third-order valence-corrected chi connectivity index (χ3v) is 3.74. The number of halogens is 2. The van der Waals surface area contributed by atoms with Gasteiger partial charge in [-0.3, -0.25) is 0 Å². The Kier molecular flexibility index (Phi) is 3.77. The number of nitrogens with two attached hydrogens (primary N) is 1. The van der Waals surface area contributed by atoms with Crippen molar-refractivity contribution in [1.29, 1.82) is 0 Å². The molecule has 0 spiro atoms. The molecule has 1 aromatic carbocycles. The predicted octanol–water partition coefficient (Wildman–Crippen LogP) is 4.09. The minimum Gasteiger partial charge on any atom is -0.321 e. The molecule has 2 N–H and O–H groups in total. The first-order valence-electron chi connectivity index (χ1n) is 5.58. The Morgan fingerprint density at radius 1 is 1.31 bits per heavy atom. The zero-order valence-corrected chi connectivity index (χ0v) is 10.6. The van der Waals surface area contributed by atoms with E-state index in [1.165, 1.54) is 30.5 Å². The summed E-state index contributed by atoms with van der Waals surface area (Å²) in [4.78, 5) is 0. The van der Waals surface area contributed by atoms with E-state index in [1.54, 1.807) is 6.07 Å². The zero-order chi connectivity index (χ0) is 11.5. The Bertz CT molecular complexity index is 414.